The topological polar surface area (TPSA) is 68.8 Å². The van der Waals surface area contributed by atoms with Crippen molar-refractivity contribution >= 4 is 17.5 Å². The largest absolute Gasteiger partial charge is 0.493 e. The van der Waals surface area contributed by atoms with Gasteiger partial charge in [-0.3, -0.25) is 4.79 Å². The smallest absolute Gasteiger partial charge is 0.251 e. The van der Waals surface area contributed by atoms with Crippen molar-refractivity contribution < 1.29 is 19.0 Å². The molecular weight excluding hydrogens is 356 g/mol. The minimum Gasteiger partial charge on any atom is -0.493 e. The molecule has 0 bridgehead atoms. The highest BCUT2D eigenvalue weighted by molar-refractivity contribution is 6.30. The van der Waals surface area contributed by atoms with Crippen molar-refractivity contribution in [3.63, 3.8) is 0 Å². The zero-order valence-corrected chi connectivity index (χ0v) is 15.9. The molecule has 0 aromatic heterocycles. The molecule has 6 nitrogen and oxygen atoms in total. The van der Waals surface area contributed by atoms with E-state index in [0.717, 1.165) is 5.56 Å². The van der Waals surface area contributed by atoms with Gasteiger partial charge in [0.2, 0.25) is 5.75 Å². The molecule has 0 saturated heterocycles. The van der Waals surface area contributed by atoms with Gasteiger partial charge in [0, 0.05) is 30.2 Å². The number of carbonyl (C=O) groups is 1. The Morgan fingerprint density at radius 1 is 1.00 bits per heavy atom. The van der Waals surface area contributed by atoms with Crippen molar-refractivity contribution in [2.24, 2.45) is 0 Å². The van der Waals surface area contributed by atoms with Gasteiger partial charge in [-0.2, -0.15) is 0 Å². The van der Waals surface area contributed by atoms with Crippen LogP contribution in [0.25, 0.3) is 0 Å². The van der Waals surface area contributed by atoms with Crippen molar-refractivity contribution in [1.29, 1.82) is 0 Å². The molecular formula is C19H23ClN2O4. The Labute approximate surface area is 158 Å². The lowest BCUT2D eigenvalue weighted by Gasteiger charge is -2.14. The number of rotatable bonds is 9. The summed E-state index contributed by atoms with van der Waals surface area (Å²) in [5, 5.41) is 6.82. The molecule has 0 spiro atoms. The maximum atomic E-state index is 12.4. The first kappa shape index (κ1) is 19.9. The molecule has 0 radical (unpaired) electrons. The number of methoxy groups -OCH3 is 3. The zero-order chi connectivity index (χ0) is 18.9. The number of hydrogen-bond acceptors (Lipinski definition) is 5. The molecule has 2 aromatic rings. The fourth-order valence-corrected chi connectivity index (χ4v) is 2.67. The quantitative estimate of drug-likeness (QED) is 0.657. The lowest BCUT2D eigenvalue weighted by molar-refractivity contribution is 0.0953. The second-order valence-electron chi connectivity index (χ2n) is 5.48. The van der Waals surface area contributed by atoms with Crippen LogP contribution in [0.2, 0.25) is 5.02 Å². The van der Waals surface area contributed by atoms with Crippen LogP contribution in [0.15, 0.2) is 36.4 Å². The molecule has 2 N–H and O–H groups in total. The van der Waals surface area contributed by atoms with Crippen LogP contribution in [0.5, 0.6) is 17.2 Å². The Morgan fingerprint density at radius 3 is 2.27 bits per heavy atom. The molecule has 1 amide bonds. The summed E-state index contributed by atoms with van der Waals surface area (Å²) in [6.45, 7) is 1.79. The summed E-state index contributed by atoms with van der Waals surface area (Å²) in [7, 11) is 4.54. The third-order valence-corrected chi connectivity index (χ3v) is 3.97. The summed E-state index contributed by atoms with van der Waals surface area (Å²) >= 11 is 5.95. The molecule has 0 saturated carbocycles. The van der Waals surface area contributed by atoms with E-state index in [1.807, 2.05) is 24.3 Å². The molecule has 26 heavy (non-hydrogen) atoms. The number of amides is 1. The van der Waals surface area contributed by atoms with Gasteiger partial charge < -0.3 is 24.8 Å². The average molecular weight is 379 g/mol. The van der Waals surface area contributed by atoms with Crippen molar-refractivity contribution in [3.8, 4) is 17.2 Å². The first-order valence-electron chi connectivity index (χ1n) is 8.12. The Kier molecular flexibility index (Phi) is 7.56. The predicted molar refractivity (Wildman–Crippen MR) is 102 cm³/mol. The first-order chi connectivity index (χ1) is 12.6. The van der Waals surface area contributed by atoms with E-state index in [2.05, 4.69) is 10.6 Å². The van der Waals surface area contributed by atoms with Gasteiger partial charge in [-0.25, -0.2) is 0 Å². The highest BCUT2D eigenvalue weighted by atomic mass is 35.5. The molecule has 7 heteroatoms. The Hall–Kier alpha value is -2.44. The SMILES string of the molecule is COc1cc(C(=O)NCCNCc2cccc(Cl)c2)cc(OC)c1OC. The fourth-order valence-electron chi connectivity index (χ4n) is 2.46. The van der Waals surface area contributed by atoms with Crippen LogP contribution in [0.3, 0.4) is 0 Å². The molecule has 0 atom stereocenters. The predicted octanol–water partition coefficient (Wildman–Crippen LogP) is 2.89. The highest BCUT2D eigenvalue weighted by Crippen LogP contribution is 2.38. The van der Waals surface area contributed by atoms with Crippen molar-refractivity contribution in [2.45, 2.75) is 6.54 Å². The van der Waals surface area contributed by atoms with E-state index in [4.69, 9.17) is 25.8 Å². The second-order valence-corrected chi connectivity index (χ2v) is 5.91. The van der Waals surface area contributed by atoms with Gasteiger partial charge in [0.05, 0.1) is 21.3 Å². The van der Waals surface area contributed by atoms with E-state index in [9.17, 15) is 4.79 Å². The number of ether oxygens (including phenoxy) is 3. The summed E-state index contributed by atoms with van der Waals surface area (Å²) in [6.07, 6.45) is 0. The Bertz CT molecular complexity index is 727. The number of halogens is 1. The molecule has 2 aromatic carbocycles. The molecule has 0 heterocycles. The van der Waals surface area contributed by atoms with Gasteiger partial charge in [0.15, 0.2) is 11.5 Å². The monoisotopic (exact) mass is 378 g/mol. The van der Waals surface area contributed by atoms with Gasteiger partial charge in [0.1, 0.15) is 0 Å². The summed E-state index contributed by atoms with van der Waals surface area (Å²) in [5.41, 5.74) is 1.53. The van der Waals surface area contributed by atoms with E-state index in [-0.39, 0.29) is 5.91 Å². The van der Waals surface area contributed by atoms with Crippen LogP contribution < -0.4 is 24.8 Å². The lowest BCUT2D eigenvalue weighted by atomic mass is 10.1. The van der Waals surface area contributed by atoms with E-state index >= 15 is 0 Å². The molecule has 0 aliphatic rings. The van der Waals surface area contributed by atoms with Crippen LogP contribution >= 0.6 is 11.6 Å². The lowest BCUT2D eigenvalue weighted by Crippen LogP contribution is -2.31. The standard InChI is InChI=1S/C19H23ClN2O4/c1-24-16-10-14(11-17(25-2)18(16)26-3)19(23)22-8-7-21-12-13-5-4-6-15(20)9-13/h4-6,9-11,21H,7-8,12H2,1-3H3,(H,22,23). The molecule has 2 rings (SSSR count). The summed E-state index contributed by atoms with van der Waals surface area (Å²) in [4.78, 5) is 12.4. The van der Waals surface area contributed by atoms with Crippen LogP contribution in [-0.2, 0) is 6.54 Å². The molecule has 0 aliphatic carbocycles. The normalized spacial score (nSPS) is 10.3. The number of nitrogens with one attached hydrogen (secondary N) is 2. The van der Waals surface area contributed by atoms with Crippen LogP contribution in [0.1, 0.15) is 15.9 Å². The zero-order valence-electron chi connectivity index (χ0n) is 15.1. The maximum absolute atomic E-state index is 12.4. The number of benzene rings is 2. The molecule has 0 fully saturated rings. The average Bonchev–Trinajstić information content (AvgIpc) is 2.66. The van der Waals surface area contributed by atoms with Crippen LogP contribution in [-0.4, -0.2) is 40.3 Å². The van der Waals surface area contributed by atoms with Gasteiger partial charge in [-0.15, -0.1) is 0 Å². The van der Waals surface area contributed by atoms with Gasteiger partial charge >= 0.3 is 0 Å². The van der Waals surface area contributed by atoms with Gasteiger partial charge in [-0.05, 0) is 29.8 Å². The maximum Gasteiger partial charge on any atom is 0.251 e. The van der Waals surface area contributed by atoms with Gasteiger partial charge in [-0.1, -0.05) is 23.7 Å². The Morgan fingerprint density at radius 2 is 1.69 bits per heavy atom. The van der Waals surface area contributed by atoms with Crippen molar-refractivity contribution in [3.05, 3.63) is 52.5 Å². The van der Waals surface area contributed by atoms with E-state index in [1.54, 1.807) is 12.1 Å². The van der Waals surface area contributed by atoms with E-state index < -0.39 is 0 Å². The van der Waals surface area contributed by atoms with E-state index in [1.165, 1.54) is 21.3 Å². The summed E-state index contributed by atoms with van der Waals surface area (Å²) in [6, 6.07) is 10.9. The second kappa shape index (κ2) is 9.89. The number of hydrogen-bond donors (Lipinski definition) is 2. The first-order valence-corrected chi connectivity index (χ1v) is 8.50. The molecule has 0 aliphatic heterocycles. The Balaban J connectivity index is 1.87. The highest BCUT2D eigenvalue weighted by Gasteiger charge is 2.16. The number of carbonyl (C=O) groups excluding carboxylic acids is 1. The minimum atomic E-state index is -0.214. The van der Waals surface area contributed by atoms with E-state index in [0.29, 0.717) is 47.5 Å². The fraction of sp³-hybridized carbons (Fsp3) is 0.316. The minimum absolute atomic E-state index is 0.214. The van der Waals surface area contributed by atoms with Crippen molar-refractivity contribution in [1.82, 2.24) is 10.6 Å². The molecule has 0 unspecified atom stereocenters. The van der Waals surface area contributed by atoms with Crippen LogP contribution in [0.4, 0.5) is 0 Å². The molecule has 140 valence electrons. The van der Waals surface area contributed by atoms with Gasteiger partial charge in [0.25, 0.3) is 5.91 Å². The van der Waals surface area contributed by atoms with Crippen molar-refractivity contribution in [2.75, 3.05) is 34.4 Å². The summed E-state index contributed by atoms with van der Waals surface area (Å²) in [5.74, 6) is 1.12. The third-order valence-electron chi connectivity index (χ3n) is 3.73. The summed E-state index contributed by atoms with van der Waals surface area (Å²) < 4.78 is 15.8. The van der Waals surface area contributed by atoms with Crippen LogP contribution in [0, 0.1) is 0 Å². The third kappa shape index (κ3) is 5.28.